The molecule has 2 rings (SSSR count). The van der Waals surface area contributed by atoms with Gasteiger partial charge in [0.1, 0.15) is 0 Å². The molecule has 26 heavy (non-hydrogen) atoms. The maximum atomic E-state index is 12.0. The Hall–Kier alpha value is -1.61. The fourth-order valence-electron chi connectivity index (χ4n) is 2.30. The van der Waals surface area contributed by atoms with Crippen LogP contribution in [0.1, 0.15) is 24.3 Å². The van der Waals surface area contributed by atoms with Crippen molar-refractivity contribution in [2.24, 2.45) is 4.99 Å². The van der Waals surface area contributed by atoms with Crippen molar-refractivity contribution in [3.63, 3.8) is 0 Å². The molecule has 0 unspecified atom stereocenters. The van der Waals surface area contributed by atoms with Crippen LogP contribution in [0.5, 0.6) is 0 Å². The van der Waals surface area contributed by atoms with E-state index in [2.05, 4.69) is 52.3 Å². The number of carbonyl (C=O) groups excluding carboxylic acids is 1. The van der Waals surface area contributed by atoms with Crippen LogP contribution >= 0.6 is 35.3 Å². The largest absolute Gasteiger partial charge is 0.356 e. The number of aliphatic imine (C=N–C) groups is 1. The van der Waals surface area contributed by atoms with Gasteiger partial charge in [0.2, 0.25) is 5.91 Å². The zero-order valence-corrected chi connectivity index (χ0v) is 18.6. The third kappa shape index (κ3) is 7.33. The van der Waals surface area contributed by atoms with Gasteiger partial charge < -0.3 is 16.0 Å². The first-order valence-electron chi connectivity index (χ1n) is 8.30. The molecule has 0 fully saturated rings. The number of nitrogens with one attached hydrogen (secondary N) is 3. The molecule has 1 heterocycles. The first-order valence-corrected chi connectivity index (χ1v) is 9.18. The summed E-state index contributed by atoms with van der Waals surface area (Å²) >= 11 is 1.75. The lowest BCUT2D eigenvalue weighted by atomic mass is 9.91. The van der Waals surface area contributed by atoms with E-state index in [4.69, 9.17) is 0 Å². The van der Waals surface area contributed by atoms with Crippen molar-refractivity contribution in [1.29, 1.82) is 0 Å². The standard InChI is InChI=1S/C19H26N4OS.HI/c1-19(2,16-10-7-11-25-16)14-23-18(20-3)22-13-17(24)21-12-15-8-5-4-6-9-15;/h4-11H,12-14H2,1-3H3,(H,21,24)(H2,20,22,23);1H. The summed E-state index contributed by atoms with van der Waals surface area (Å²) in [5, 5.41) is 11.3. The average molecular weight is 486 g/mol. The lowest BCUT2D eigenvalue weighted by molar-refractivity contribution is -0.120. The van der Waals surface area contributed by atoms with E-state index in [1.165, 1.54) is 4.88 Å². The predicted molar refractivity (Wildman–Crippen MR) is 120 cm³/mol. The van der Waals surface area contributed by atoms with Crippen LogP contribution in [0.25, 0.3) is 0 Å². The average Bonchev–Trinajstić information content (AvgIpc) is 3.16. The van der Waals surface area contributed by atoms with Crippen LogP contribution in [-0.2, 0) is 16.8 Å². The van der Waals surface area contributed by atoms with Crippen LogP contribution in [-0.4, -0.2) is 32.0 Å². The van der Waals surface area contributed by atoms with E-state index >= 15 is 0 Å². The van der Waals surface area contributed by atoms with Crippen molar-refractivity contribution >= 4 is 47.2 Å². The van der Waals surface area contributed by atoms with Crippen LogP contribution in [0.2, 0.25) is 0 Å². The van der Waals surface area contributed by atoms with E-state index in [-0.39, 0.29) is 41.8 Å². The minimum Gasteiger partial charge on any atom is -0.356 e. The van der Waals surface area contributed by atoms with Gasteiger partial charge in [-0.1, -0.05) is 50.2 Å². The molecule has 0 radical (unpaired) electrons. The number of guanidine groups is 1. The molecule has 142 valence electrons. The van der Waals surface area contributed by atoms with Gasteiger partial charge in [0, 0.05) is 30.4 Å². The highest BCUT2D eigenvalue weighted by Gasteiger charge is 2.21. The third-order valence-corrected chi connectivity index (χ3v) is 5.09. The SMILES string of the molecule is CN=C(NCC(=O)NCc1ccccc1)NCC(C)(C)c1cccs1.I. The zero-order chi connectivity index (χ0) is 18.1. The molecule has 1 aromatic carbocycles. The molecule has 7 heteroatoms. The summed E-state index contributed by atoms with van der Waals surface area (Å²) in [6.45, 7) is 5.82. The highest BCUT2D eigenvalue weighted by atomic mass is 127. The van der Waals surface area contributed by atoms with E-state index < -0.39 is 0 Å². The Morgan fingerprint density at radius 2 is 1.81 bits per heavy atom. The monoisotopic (exact) mass is 486 g/mol. The molecule has 0 bridgehead atoms. The second-order valence-corrected chi connectivity index (χ2v) is 7.35. The summed E-state index contributed by atoms with van der Waals surface area (Å²) in [6, 6.07) is 14.1. The summed E-state index contributed by atoms with van der Waals surface area (Å²) in [6.07, 6.45) is 0. The molecule has 0 saturated carbocycles. The molecule has 0 aliphatic heterocycles. The van der Waals surface area contributed by atoms with Crippen LogP contribution in [0, 0.1) is 0 Å². The Balaban J connectivity index is 0.00000338. The molecule has 0 aliphatic carbocycles. The number of hydrogen-bond donors (Lipinski definition) is 3. The third-order valence-electron chi connectivity index (χ3n) is 3.86. The number of halogens is 1. The van der Waals surface area contributed by atoms with Gasteiger partial charge in [-0.2, -0.15) is 0 Å². The summed E-state index contributed by atoms with van der Waals surface area (Å²) in [4.78, 5) is 17.5. The van der Waals surface area contributed by atoms with Gasteiger partial charge in [-0.05, 0) is 17.0 Å². The minimum atomic E-state index is -0.0654. The number of benzene rings is 1. The Morgan fingerprint density at radius 1 is 1.08 bits per heavy atom. The summed E-state index contributed by atoms with van der Waals surface area (Å²) in [5.41, 5.74) is 1.08. The van der Waals surface area contributed by atoms with Crippen LogP contribution < -0.4 is 16.0 Å². The highest BCUT2D eigenvalue weighted by Crippen LogP contribution is 2.26. The molecular formula is C19H27IN4OS. The van der Waals surface area contributed by atoms with E-state index in [0.29, 0.717) is 12.5 Å². The second-order valence-electron chi connectivity index (χ2n) is 6.40. The molecule has 3 N–H and O–H groups in total. The van der Waals surface area contributed by atoms with E-state index in [0.717, 1.165) is 12.1 Å². The van der Waals surface area contributed by atoms with Gasteiger partial charge in [-0.25, -0.2) is 0 Å². The van der Waals surface area contributed by atoms with E-state index in [1.807, 2.05) is 30.3 Å². The fourth-order valence-corrected chi connectivity index (χ4v) is 3.15. The zero-order valence-electron chi connectivity index (χ0n) is 15.4. The topological polar surface area (TPSA) is 65.5 Å². The lowest BCUT2D eigenvalue weighted by Crippen LogP contribution is -2.46. The maximum absolute atomic E-state index is 12.0. The molecule has 0 atom stereocenters. The van der Waals surface area contributed by atoms with Crippen molar-refractivity contribution in [1.82, 2.24) is 16.0 Å². The van der Waals surface area contributed by atoms with Gasteiger partial charge in [-0.15, -0.1) is 35.3 Å². The number of amides is 1. The highest BCUT2D eigenvalue weighted by molar-refractivity contribution is 14.0. The molecule has 2 aromatic rings. The Bertz CT molecular complexity index is 687. The summed E-state index contributed by atoms with van der Waals surface area (Å²) < 4.78 is 0. The number of nitrogens with zero attached hydrogens (tertiary/aromatic N) is 1. The number of hydrogen-bond acceptors (Lipinski definition) is 3. The lowest BCUT2D eigenvalue weighted by Gasteiger charge is -2.25. The van der Waals surface area contributed by atoms with Gasteiger partial charge in [0.25, 0.3) is 0 Å². The van der Waals surface area contributed by atoms with Gasteiger partial charge in [-0.3, -0.25) is 9.79 Å². The van der Waals surface area contributed by atoms with Crippen molar-refractivity contribution in [3.8, 4) is 0 Å². The summed E-state index contributed by atoms with van der Waals surface area (Å²) in [5.74, 6) is 0.559. The Labute approximate surface area is 176 Å². The van der Waals surface area contributed by atoms with E-state index in [9.17, 15) is 4.79 Å². The second kappa shape index (κ2) is 11.2. The van der Waals surface area contributed by atoms with Crippen molar-refractivity contribution in [3.05, 3.63) is 58.3 Å². The van der Waals surface area contributed by atoms with Gasteiger partial charge >= 0.3 is 0 Å². The first kappa shape index (κ1) is 22.4. The molecule has 5 nitrogen and oxygen atoms in total. The molecule has 0 spiro atoms. The molecular weight excluding hydrogens is 459 g/mol. The van der Waals surface area contributed by atoms with Crippen molar-refractivity contribution < 1.29 is 4.79 Å². The summed E-state index contributed by atoms with van der Waals surface area (Å²) in [7, 11) is 1.70. The Morgan fingerprint density at radius 3 is 2.42 bits per heavy atom. The molecule has 0 saturated heterocycles. The maximum Gasteiger partial charge on any atom is 0.239 e. The van der Waals surface area contributed by atoms with Crippen LogP contribution in [0.15, 0.2) is 52.8 Å². The van der Waals surface area contributed by atoms with Crippen molar-refractivity contribution in [2.45, 2.75) is 25.8 Å². The van der Waals surface area contributed by atoms with Crippen LogP contribution in [0.3, 0.4) is 0 Å². The van der Waals surface area contributed by atoms with Crippen LogP contribution in [0.4, 0.5) is 0 Å². The van der Waals surface area contributed by atoms with Crippen molar-refractivity contribution in [2.75, 3.05) is 20.1 Å². The molecule has 0 aliphatic rings. The Kier molecular flexibility index (Phi) is 9.64. The number of thiophene rings is 1. The smallest absolute Gasteiger partial charge is 0.239 e. The quantitative estimate of drug-likeness (QED) is 0.320. The normalized spacial score (nSPS) is 11.4. The predicted octanol–water partition coefficient (Wildman–Crippen LogP) is 3.13. The van der Waals surface area contributed by atoms with Gasteiger partial charge in [0.15, 0.2) is 5.96 Å². The molecule has 1 amide bonds. The van der Waals surface area contributed by atoms with E-state index in [1.54, 1.807) is 18.4 Å². The van der Waals surface area contributed by atoms with Gasteiger partial charge in [0.05, 0.1) is 6.54 Å². The number of carbonyl (C=O) groups is 1. The fraction of sp³-hybridized carbons (Fsp3) is 0.368. The number of rotatable bonds is 7. The molecule has 1 aromatic heterocycles. The first-order chi connectivity index (χ1) is 12.0. The minimum absolute atomic E-state index is 0.